The summed E-state index contributed by atoms with van der Waals surface area (Å²) in [5.41, 5.74) is -0.437. The van der Waals surface area contributed by atoms with E-state index in [9.17, 15) is 22.4 Å². The number of carbonyl (C=O) groups excluding carboxylic acids is 2. The highest BCUT2D eigenvalue weighted by Crippen LogP contribution is 2.29. The van der Waals surface area contributed by atoms with Crippen molar-refractivity contribution in [3.63, 3.8) is 0 Å². The molecule has 0 aliphatic heterocycles. The molecular formula is C22H15ClF2N4O4S. The second-order valence-electron chi connectivity index (χ2n) is 7.17. The highest BCUT2D eigenvalue weighted by atomic mass is 35.5. The van der Waals surface area contributed by atoms with Crippen LogP contribution in [0.15, 0.2) is 65.8 Å². The quantitative estimate of drug-likeness (QED) is 0.294. The van der Waals surface area contributed by atoms with E-state index < -0.39 is 42.3 Å². The van der Waals surface area contributed by atoms with E-state index in [0.717, 1.165) is 30.3 Å². The Morgan fingerprint density at radius 1 is 1.09 bits per heavy atom. The molecule has 12 heteroatoms. The zero-order valence-electron chi connectivity index (χ0n) is 17.3. The maximum Gasteiger partial charge on any atom is 0.290 e. The molecule has 8 nitrogen and oxygen atoms in total. The fourth-order valence-electron chi connectivity index (χ4n) is 3.25. The lowest BCUT2D eigenvalue weighted by Crippen LogP contribution is -2.23. The minimum absolute atomic E-state index is 0.0304. The number of anilines is 2. The molecule has 0 radical (unpaired) electrons. The van der Waals surface area contributed by atoms with Crippen LogP contribution in [0.2, 0.25) is 5.02 Å². The smallest absolute Gasteiger partial charge is 0.290 e. The Morgan fingerprint density at radius 3 is 2.47 bits per heavy atom. The number of amides is 1. The van der Waals surface area contributed by atoms with Crippen LogP contribution in [0.3, 0.4) is 0 Å². The highest BCUT2D eigenvalue weighted by molar-refractivity contribution is 7.92. The second kappa shape index (κ2) is 8.84. The number of fused-ring (bicyclic) bond motifs is 1. The van der Waals surface area contributed by atoms with Crippen LogP contribution < -0.4 is 9.84 Å². The molecule has 0 fully saturated rings. The molecule has 4 rings (SSSR count). The number of aromatic amines is 1. The average Bonchev–Trinajstić information content (AvgIpc) is 3.21. The average molecular weight is 505 g/mol. The SMILES string of the molecule is CC(=O)Nc1ccc(S(=O)(=O)N(F)c2ccc(F)c(C(=O)c3c[nH]c4ncc(Cl)cc34)c2)cc1. The number of nitrogens with one attached hydrogen (secondary N) is 2. The lowest BCUT2D eigenvalue weighted by Gasteiger charge is -2.16. The van der Waals surface area contributed by atoms with Gasteiger partial charge in [0.15, 0.2) is 5.78 Å². The van der Waals surface area contributed by atoms with E-state index in [1.807, 2.05) is 0 Å². The molecule has 0 unspecified atom stereocenters. The molecule has 0 saturated heterocycles. The van der Waals surface area contributed by atoms with Crippen LogP contribution >= 0.6 is 11.6 Å². The number of ketones is 1. The van der Waals surface area contributed by atoms with Gasteiger partial charge in [-0.3, -0.25) is 9.59 Å². The Kier molecular flexibility index (Phi) is 6.07. The second-order valence-corrected chi connectivity index (χ2v) is 9.35. The van der Waals surface area contributed by atoms with E-state index >= 15 is 4.48 Å². The fourth-order valence-corrected chi connectivity index (χ4v) is 4.47. The molecule has 0 atom stereocenters. The first-order valence-electron chi connectivity index (χ1n) is 9.63. The number of H-pyrrole nitrogens is 1. The van der Waals surface area contributed by atoms with Gasteiger partial charge in [0.2, 0.25) is 5.91 Å². The maximum atomic E-state index is 15.0. The topological polar surface area (TPSA) is 112 Å². The summed E-state index contributed by atoms with van der Waals surface area (Å²) in [7, 11) is -4.70. The van der Waals surface area contributed by atoms with Gasteiger partial charge in [-0.15, -0.1) is 0 Å². The minimum atomic E-state index is -4.70. The van der Waals surface area contributed by atoms with Crippen molar-refractivity contribution in [3.05, 3.63) is 82.9 Å². The van der Waals surface area contributed by atoms with Crippen LogP contribution in [0, 0.1) is 5.82 Å². The zero-order valence-corrected chi connectivity index (χ0v) is 18.9. The van der Waals surface area contributed by atoms with Crippen LogP contribution in [0.1, 0.15) is 22.8 Å². The Morgan fingerprint density at radius 2 is 1.79 bits per heavy atom. The number of rotatable bonds is 6. The normalized spacial score (nSPS) is 11.4. The van der Waals surface area contributed by atoms with Gasteiger partial charge in [-0.2, -0.15) is 8.42 Å². The molecule has 2 heterocycles. The van der Waals surface area contributed by atoms with Crippen molar-refractivity contribution in [1.29, 1.82) is 0 Å². The number of halogens is 3. The largest absolute Gasteiger partial charge is 0.345 e. The summed E-state index contributed by atoms with van der Waals surface area (Å²) in [6, 6.07) is 8.74. The van der Waals surface area contributed by atoms with Gasteiger partial charge in [-0.1, -0.05) is 20.6 Å². The molecule has 2 aromatic carbocycles. The van der Waals surface area contributed by atoms with Gasteiger partial charge in [0, 0.05) is 36.0 Å². The van der Waals surface area contributed by atoms with Crippen LogP contribution in [0.25, 0.3) is 11.0 Å². The number of carbonyl (C=O) groups is 2. The number of nitrogens with zero attached hydrogens (tertiary/aromatic N) is 2. The first-order valence-corrected chi connectivity index (χ1v) is 11.5. The zero-order chi connectivity index (χ0) is 24.6. The summed E-state index contributed by atoms with van der Waals surface area (Å²) < 4.78 is 54.5. The van der Waals surface area contributed by atoms with E-state index in [0.29, 0.717) is 16.7 Å². The lowest BCUT2D eigenvalue weighted by atomic mass is 10.0. The fraction of sp³-hybridized carbons (Fsp3) is 0.0455. The number of aromatic nitrogens is 2. The van der Waals surface area contributed by atoms with Crippen LogP contribution in [-0.2, 0) is 14.8 Å². The standard InChI is InChI=1S/C22H15ClF2N4O4S/c1-12(30)28-14-2-5-16(6-3-14)34(32,33)29(25)15-4-7-20(24)18(9-15)21(31)19-11-27-22-17(19)8-13(23)10-26-22/h2-11H,1H3,(H,26,27)(H,28,30). The van der Waals surface area contributed by atoms with Gasteiger partial charge in [0.1, 0.15) is 11.5 Å². The Balaban J connectivity index is 1.69. The van der Waals surface area contributed by atoms with Gasteiger partial charge >= 0.3 is 0 Å². The van der Waals surface area contributed by atoms with E-state index in [1.165, 1.54) is 37.5 Å². The summed E-state index contributed by atoms with van der Waals surface area (Å²) in [6.45, 7) is 1.28. The minimum Gasteiger partial charge on any atom is -0.345 e. The summed E-state index contributed by atoms with van der Waals surface area (Å²) in [5, 5.41) is 3.04. The third-order valence-corrected chi connectivity index (χ3v) is 6.53. The first kappa shape index (κ1) is 23.3. The molecule has 34 heavy (non-hydrogen) atoms. The van der Waals surface area contributed by atoms with Crippen molar-refractivity contribution in [2.75, 3.05) is 9.84 Å². The molecule has 2 aromatic heterocycles. The Hall–Kier alpha value is -3.83. The number of hydrogen-bond acceptors (Lipinski definition) is 5. The van der Waals surface area contributed by atoms with Crippen molar-refractivity contribution in [2.24, 2.45) is 0 Å². The van der Waals surface area contributed by atoms with E-state index in [-0.39, 0.29) is 16.5 Å². The molecule has 174 valence electrons. The van der Waals surface area contributed by atoms with Crippen LogP contribution in [0.4, 0.5) is 20.2 Å². The van der Waals surface area contributed by atoms with Gasteiger partial charge in [-0.05, 0) is 48.5 Å². The maximum absolute atomic E-state index is 15.0. The number of sulfonamides is 1. The molecule has 0 spiro atoms. The predicted octanol–water partition coefficient (Wildman–Crippen LogP) is 4.62. The van der Waals surface area contributed by atoms with Gasteiger partial charge in [-0.25, -0.2) is 9.37 Å². The monoisotopic (exact) mass is 504 g/mol. The van der Waals surface area contributed by atoms with Crippen molar-refractivity contribution in [3.8, 4) is 0 Å². The van der Waals surface area contributed by atoms with Crippen molar-refractivity contribution in [1.82, 2.24) is 9.97 Å². The third-order valence-electron chi connectivity index (χ3n) is 4.82. The molecule has 0 aliphatic carbocycles. The van der Waals surface area contributed by atoms with E-state index in [2.05, 4.69) is 15.3 Å². The van der Waals surface area contributed by atoms with Crippen molar-refractivity contribution in [2.45, 2.75) is 11.8 Å². The van der Waals surface area contributed by atoms with E-state index in [1.54, 1.807) is 0 Å². The van der Waals surface area contributed by atoms with E-state index in [4.69, 9.17) is 11.6 Å². The van der Waals surface area contributed by atoms with Crippen LogP contribution in [0.5, 0.6) is 0 Å². The number of benzene rings is 2. The molecular weight excluding hydrogens is 490 g/mol. The van der Waals surface area contributed by atoms with Gasteiger partial charge in [0.05, 0.1) is 21.2 Å². The highest BCUT2D eigenvalue weighted by Gasteiger charge is 2.27. The first-order chi connectivity index (χ1) is 16.1. The van der Waals surface area contributed by atoms with Crippen LogP contribution in [-0.4, -0.2) is 30.1 Å². The number of hydrogen-bond donors (Lipinski definition) is 2. The van der Waals surface area contributed by atoms with Crippen molar-refractivity contribution >= 4 is 55.7 Å². The summed E-state index contributed by atoms with van der Waals surface area (Å²) >= 11 is 5.93. The summed E-state index contributed by atoms with van der Waals surface area (Å²) in [5.74, 6) is -2.15. The third kappa shape index (κ3) is 4.35. The molecule has 4 aromatic rings. The molecule has 2 N–H and O–H groups in total. The Bertz CT molecular complexity index is 1540. The van der Waals surface area contributed by atoms with Gasteiger partial charge in [0.25, 0.3) is 10.0 Å². The summed E-state index contributed by atoms with van der Waals surface area (Å²) in [4.78, 5) is 30.5. The summed E-state index contributed by atoms with van der Waals surface area (Å²) in [6.07, 6.45) is 2.67. The Labute approximate surface area is 197 Å². The number of pyridine rings is 1. The molecule has 0 saturated carbocycles. The van der Waals surface area contributed by atoms with Gasteiger partial charge < -0.3 is 10.3 Å². The molecule has 1 amide bonds. The predicted molar refractivity (Wildman–Crippen MR) is 122 cm³/mol. The molecule has 0 bridgehead atoms. The van der Waals surface area contributed by atoms with Crippen molar-refractivity contribution < 1.29 is 26.9 Å². The molecule has 0 aliphatic rings. The lowest BCUT2D eigenvalue weighted by molar-refractivity contribution is -0.114.